The van der Waals surface area contributed by atoms with Crippen molar-refractivity contribution in [1.29, 1.82) is 0 Å². The van der Waals surface area contributed by atoms with E-state index >= 15 is 0 Å². The highest BCUT2D eigenvalue weighted by Crippen LogP contribution is 2.64. The van der Waals surface area contributed by atoms with Crippen LogP contribution in [0.5, 0.6) is 5.75 Å². The maximum Gasteiger partial charge on any atom is 0.479 e. The van der Waals surface area contributed by atoms with Crippen LogP contribution in [0.1, 0.15) is 65.5 Å². The van der Waals surface area contributed by atoms with Gasteiger partial charge < -0.3 is 24.3 Å². The summed E-state index contributed by atoms with van der Waals surface area (Å²) in [6.45, 7) is 9.33. The molecule has 1 saturated carbocycles. The molecule has 2 N–H and O–H groups in total. The second kappa shape index (κ2) is 11.4. The number of anilines is 1. The molecule has 210 valence electrons. The highest BCUT2D eigenvalue weighted by molar-refractivity contribution is 5.76. The molecule has 1 atom stereocenters. The van der Waals surface area contributed by atoms with Crippen LogP contribution in [0.3, 0.4) is 0 Å². The van der Waals surface area contributed by atoms with Crippen molar-refractivity contribution in [1.82, 2.24) is 0 Å². The average Bonchev–Trinajstić information content (AvgIpc) is 3.63. The number of ether oxygens (including phenoxy) is 3. The van der Waals surface area contributed by atoms with Gasteiger partial charge in [-0.3, -0.25) is 4.79 Å². The molecule has 0 saturated heterocycles. The molecule has 0 amide bonds. The number of methoxy groups -OCH3 is 1. The third-order valence-corrected chi connectivity index (χ3v) is 8.66. The van der Waals surface area contributed by atoms with Gasteiger partial charge in [0.1, 0.15) is 12.4 Å². The number of hydrogen-bond acceptors (Lipinski definition) is 5. The van der Waals surface area contributed by atoms with Crippen molar-refractivity contribution in [3.05, 3.63) is 81.9 Å². The second-order valence-electron chi connectivity index (χ2n) is 11.4. The van der Waals surface area contributed by atoms with Crippen molar-refractivity contribution in [3.8, 4) is 16.9 Å². The highest BCUT2D eigenvalue weighted by atomic mass is 16.6. The Morgan fingerprint density at radius 2 is 1.80 bits per heavy atom. The van der Waals surface area contributed by atoms with E-state index in [4.69, 9.17) is 14.2 Å². The maximum atomic E-state index is 12.1. The first-order chi connectivity index (χ1) is 19.2. The Kier molecular flexibility index (Phi) is 7.88. The van der Waals surface area contributed by atoms with Gasteiger partial charge in [0, 0.05) is 18.2 Å². The first-order valence-corrected chi connectivity index (χ1v) is 14.1. The van der Waals surface area contributed by atoms with Crippen LogP contribution in [0, 0.1) is 26.2 Å². The summed E-state index contributed by atoms with van der Waals surface area (Å²) in [5.41, 5.74) is 11.3. The summed E-state index contributed by atoms with van der Waals surface area (Å²) in [5, 5.41) is 3.66. The van der Waals surface area contributed by atoms with Crippen LogP contribution in [-0.2, 0) is 27.2 Å². The Morgan fingerprint density at radius 3 is 2.48 bits per heavy atom. The zero-order chi connectivity index (χ0) is 28.4. The second-order valence-corrected chi connectivity index (χ2v) is 11.4. The van der Waals surface area contributed by atoms with E-state index in [1.807, 2.05) is 0 Å². The van der Waals surface area contributed by atoms with Gasteiger partial charge in [0.2, 0.25) is 6.61 Å². The van der Waals surface area contributed by atoms with E-state index in [1.165, 1.54) is 60.3 Å². The van der Waals surface area contributed by atoms with Crippen molar-refractivity contribution >= 4 is 17.6 Å². The lowest BCUT2D eigenvalue weighted by Gasteiger charge is -2.18. The van der Waals surface area contributed by atoms with E-state index in [0.717, 1.165) is 35.5 Å². The lowest BCUT2D eigenvalue weighted by Crippen LogP contribution is -2.14. The molecule has 40 heavy (non-hydrogen) atoms. The number of aryl methyl sites for hydroxylation is 2. The molecule has 3 aromatic carbocycles. The molecule has 2 aliphatic rings. The van der Waals surface area contributed by atoms with Crippen molar-refractivity contribution < 1.29 is 23.8 Å². The molecule has 2 aliphatic carbocycles. The van der Waals surface area contributed by atoms with Crippen LogP contribution in [-0.4, -0.2) is 37.1 Å². The minimum Gasteiger partial charge on any atom is -0.487 e. The minimum atomic E-state index is -0.115. The van der Waals surface area contributed by atoms with Gasteiger partial charge in [-0.2, -0.15) is 0 Å². The lowest BCUT2D eigenvalue weighted by molar-refractivity contribution is -0.141. The molecular formula is C34H40NO5+. The number of rotatable bonds is 10. The largest absolute Gasteiger partial charge is 0.487 e. The van der Waals surface area contributed by atoms with Crippen molar-refractivity contribution in [2.75, 3.05) is 25.6 Å². The SMILES string of the molecule is COC(=O)CC1c2ccc(NCc3cccc(-c4c(C)cc(OCCOC(C)=[OH+])cc4C)c3C)cc2CC12CC2. The quantitative estimate of drug-likeness (QED) is 0.173. The minimum absolute atomic E-state index is 0.0525. The summed E-state index contributed by atoms with van der Waals surface area (Å²) < 4.78 is 15.9. The first-order valence-electron chi connectivity index (χ1n) is 14.1. The fourth-order valence-electron chi connectivity index (χ4n) is 6.43. The van der Waals surface area contributed by atoms with E-state index in [9.17, 15) is 9.59 Å². The number of fused-ring (bicyclic) bond motifs is 1. The molecule has 1 unspecified atom stereocenters. The third kappa shape index (κ3) is 5.72. The van der Waals surface area contributed by atoms with E-state index in [0.29, 0.717) is 19.6 Å². The van der Waals surface area contributed by atoms with Crippen LogP contribution in [0.25, 0.3) is 11.1 Å². The summed E-state index contributed by atoms with van der Waals surface area (Å²) in [6.07, 6.45) is 3.92. The number of hydrogen-bond donors (Lipinski definition) is 1. The number of esters is 2. The van der Waals surface area contributed by atoms with Crippen molar-refractivity contribution in [3.63, 3.8) is 0 Å². The van der Waals surface area contributed by atoms with Gasteiger partial charge in [-0.25, -0.2) is 0 Å². The summed E-state index contributed by atoms with van der Waals surface area (Å²) in [5.74, 6) is 0.911. The number of benzene rings is 3. The zero-order valence-electron chi connectivity index (χ0n) is 24.2. The fourth-order valence-corrected chi connectivity index (χ4v) is 6.43. The van der Waals surface area contributed by atoms with Crippen LogP contribution < -0.4 is 10.1 Å². The van der Waals surface area contributed by atoms with Gasteiger partial charge in [0.15, 0.2) is 0 Å². The van der Waals surface area contributed by atoms with Gasteiger partial charge in [-0.1, -0.05) is 24.3 Å². The monoisotopic (exact) mass is 542 g/mol. The number of carbonyl (C=O) groups is 1. The average molecular weight is 543 g/mol. The Hall–Kier alpha value is -3.80. The van der Waals surface area contributed by atoms with E-state index in [1.54, 1.807) is 0 Å². The first kappa shape index (κ1) is 27.8. The van der Waals surface area contributed by atoms with Crippen molar-refractivity contribution in [2.24, 2.45) is 5.41 Å². The fraction of sp³-hybridized carbons (Fsp3) is 0.412. The van der Waals surface area contributed by atoms with Crippen LogP contribution >= 0.6 is 0 Å². The molecule has 0 aromatic heterocycles. The molecule has 5 rings (SSSR count). The summed E-state index contributed by atoms with van der Waals surface area (Å²) in [6, 6.07) is 17.3. The molecule has 6 nitrogen and oxygen atoms in total. The lowest BCUT2D eigenvalue weighted by atomic mass is 9.87. The number of carbonyl (C=O) groups excluding carboxylic acids is 2. The molecule has 1 fully saturated rings. The number of nitrogens with one attached hydrogen (secondary N) is 1. The highest BCUT2D eigenvalue weighted by Gasteiger charge is 2.54. The molecule has 6 heteroatoms. The Labute approximate surface area is 237 Å². The van der Waals surface area contributed by atoms with Crippen molar-refractivity contribution in [2.45, 2.75) is 65.8 Å². The standard InChI is InChI=1S/C34H39NO5/c1-21-15-28(40-14-13-39-24(4)36)16-22(2)33(21)29-8-6-7-25(23(29)3)20-35-27-9-10-30-26(17-27)19-34(11-12-34)31(30)18-32(37)38-5/h6-10,15-17,31,35H,11-14,18-20H2,1-5H3/p+1. The topological polar surface area (TPSA) is 78.2 Å². The predicted octanol–water partition coefficient (Wildman–Crippen LogP) is 6.79. The van der Waals surface area contributed by atoms with Crippen LogP contribution in [0.2, 0.25) is 0 Å². The van der Waals surface area contributed by atoms with Crippen LogP contribution in [0.15, 0.2) is 48.5 Å². The Morgan fingerprint density at radius 1 is 1.05 bits per heavy atom. The van der Waals surface area contributed by atoms with Gasteiger partial charge in [-0.15, -0.1) is 0 Å². The maximum absolute atomic E-state index is 12.1. The van der Waals surface area contributed by atoms with Gasteiger partial charge in [0.25, 0.3) is 0 Å². The van der Waals surface area contributed by atoms with E-state index in [2.05, 4.69) is 74.6 Å². The summed E-state index contributed by atoms with van der Waals surface area (Å²) in [4.78, 5) is 21.2. The third-order valence-electron chi connectivity index (χ3n) is 8.66. The molecule has 0 radical (unpaired) electrons. The summed E-state index contributed by atoms with van der Waals surface area (Å²) >= 11 is 0. The van der Waals surface area contributed by atoms with Gasteiger partial charge >= 0.3 is 11.9 Å². The van der Waals surface area contributed by atoms with E-state index < -0.39 is 0 Å². The molecule has 0 bridgehead atoms. The molecule has 0 heterocycles. The predicted molar refractivity (Wildman–Crippen MR) is 159 cm³/mol. The van der Waals surface area contributed by atoms with Gasteiger partial charge in [0.05, 0.1) is 20.5 Å². The smallest absolute Gasteiger partial charge is 0.479 e. The Balaban J connectivity index is 1.29. The molecule has 1 spiro atoms. The van der Waals surface area contributed by atoms with Crippen LogP contribution in [0.4, 0.5) is 5.69 Å². The summed E-state index contributed by atoms with van der Waals surface area (Å²) in [7, 11) is 1.48. The zero-order valence-corrected chi connectivity index (χ0v) is 24.2. The van der Waals surface area contributed by atoms with E-state index in [-0.39, 0.29) is 23.3 Å². The molecule has 3 aromatic rings. The molecular weight excluding hydrogens is 502 g/mol. The molecule has 0 aliphatic heterocycles. The Bertz CT molecular complexity index is 1420. The van der Waals surface area contributed by atoms with Gasteiger partial charge in [-0.05, 0) is 114 Å². The normalized spacial score (nSPS) is 16.4.